The molecule has 1 aromatic rings. The summed E-state index contributed by atoms with van der Waals surface area (Å²) in [5.74, 6) is 0. The molecule has 0 fully saturated rings. The Bertz CT molecular complexity index is 438. The van der Waals surface area contributed by atoms with Crippen molar-refractivity contribution in [3.8, 4) is 0 Å². The molecule has 0 aromatic heterocycles. The average molecular weight is 227 g/mol. The Hall–Kier alpha value is -0.870. The van der Waals surface area contributed by atoms with Crippen molar-refractivity contribution in [3.05, 3.63) is 29.3 Å². The third kappa shape index (κ3) is 3.32. The van der Waals surface area contributed by atoms with E-state index in [1.54, 1.807) is 12.1 Å². The molecule has 4 heteroatoms. The molecule has 0 spiro atoms. The lowest BCUT2D eigenvalue weighted by atomic mass is 10.1. The number of rotatable bonds is 4. The first-order chi connectivity index (χ1) is 6.95. The van der Waals surface area contributed by atoms with E-state index in [-0.39, 0.29) is 4.90 Å². The van der Waals surface area contributed by atoms with Gasteiger partial charge in [-0.1, -0.05) is 31.0 Å². The molecule has 0 aliphatic heterocycles. The third-order valence-corrected chi connectivity index (χ3v) is 3.33. The molecule has 3 nitrogen and oxygen atoms in total. The van der Waals surface area contributed by atoms with Gasteiger partial charge in [0.05, 0.1) is 4.90 Å². The van der Waals surface area contributed by atoms with E-state index >= 15 is 0 Å². The summed E-state index contributed by atoms with van der Waals surface area (Å²) >= 11 is 0. The monoisotopic (exact) mass is 227 g/mol. The van der Waals surface area contributed by atoms with Crippen LogP contribution in [-0.4, -0.2) is 8.42 Å². The zero-order valence-electron chi connectivity index (χ0n) is 9.16. The zero-order valence-corrected chi connectivity index (χ0v) is 9.97. The molecule has 1 rings (SSSR count). The van der Waals surface area contributed by atoms with Gasteiger partial charge in [0.1, 0.15) is 0 Å². The minimum Gasteiger partial charge on any atom is -0.225 e. The molecule has 2 N–H and O–H groups in total. The summed E-state index contributed by atoms with van der Waals surface area (Å²) in [4.78, 5) is 0.265. The van der Waals surface area contributed by atoms with Gasteiger partial charge in [-0.15, -0.1) is 0 Å². The fraction of sp³-hybridized carbons (Fsp3) is 0.455. The van der Waals surface area contributed by atoms with E-state index in [1.807, 2.05) is 13.0 Å². The number of unbranched alkanes of at least 4 members (excludes halogenated alkanes) is 1. The lowest BCUT2D eigenvalue weighted by molar-refractivity contribution is 0.596. The maximum absolute atomic E-state index is 11.3. The van der Waals surface area contributed by atoms with E-state index in [4.69, 9.17) is 5.14 Å². The molecule has 0 amide bonds. The topological polar surface area (TPSA) is 60.2 Å². The molecule has 0 aliphatic rings. The van der Waals surface area contributed by atoms with Gasteiger partial charge in [0.25, 0.3) is 0 Å². The van der Waals surface area contributed by atoms with Crippen LogP contribution in [0.25, 0.3) is 0 Å². The lowest BCUT2D eigenvalue weighted by Crippen LogP contribution is -2.14. The van der Waals surface area contributed by atoms with Gasteiger partial charge in [-0.05, 0) is 31.4 Å². The fourth-order valence-electron chi connectivity index (χ4n) is 1.55. The molecule has 0 heterocycles. The number of benzene rings is 1. The SMILES string of the molecule is CCCCc1cc(C)ccc1S(N)(=O)=O. The Morgan fingerprint density at radius 1 is 1.33 bits per heavy atom. The van der Waals surface area contributed by atoms with E-state index in [1.165, 1.54) is 0 Å². The van der Waals surface area contributed by atoms with Crippen LogP contribution in [0.4, 0.5) is 0 Å². The summed E-state index contributed by atoms with van der Waals surface area (Å²) in [5.41, 5.74) is 1.90. The molecule has 0 unspecified atom stereocenters. The molecular weight excluding hydrogens is 210 g/mol. The number of aryl methyl sites for hydroxylation is 2. The highest BCUT2D eigenvalue weighted by molar-refractivity contribution is 7.89. The van der Waals surface area contributed by atoms with Crippen molar-refractivity contribution in [3.63, 3.8) is 0 Å². The highest BCUT2D eigenvalue weighted by Crippen LogP contribution is 2.18. The number of hydrogen-bond acceptors (Lipinski definition) is 2. The van der Waals surface area contributed by atoms with Crippen LogP contribution in [0.5, 0.6) is 0 Å². The van der Waals surface area contributed by atoms with Gasteiger partial charge in [0.2, 0.25) is 10.0 Å². The summed E-state index contributed by atoms with van der Waals surface area (Å²) in [5, 5.41) is 5.15. The Balaban J connectivity index is 3.15. The van der Waals surface area contributed by atoms with Crippen molar-refractivity contribution in [2.75, 3.05) is 0 Å². The van der Waals surface area contributed by atoms with E-state index < -0.39 is 10.0 Å². The van der Waals surface area contributed by atoms with Crippen molar-refractivity contribution >= 4 is 10.0 Å². The maximum atomic E-state index is 11.3. The molecule has 0 saturated carbocycles. The Morgan fingerprint density at radius 3 is 2.53 bits per heavy atom. The summed E-state index contributed by atoms with van der Waals surface area (Å²) in [6.07, 6.45) is 2.79. The number of primary sulfonamides is 1. The van der Waals surface area contributed by atoms with Crippen LogP contribution in [0.3, 0.4) is 0 Å². The van der Waals surface area contributed by atoms with E-state index in [9.17, 15) is 8.42 Å². The van der Waals surface area contributed by atoms with E-state index in [0.717, 1.165) is 30.4 Å². The van der Waals surface area contributed by atoms with Gasteiger partial charge in [-0.2, -0.15) is 0 Å². The molecule has 0 atom stereocenters. The second-order valence-corrected chi connectivity index (χ2v) is 5.29. The van der Waals surface area contributed by atoms with Gasteiger partial charge in [0.15, 0.2) is 0 Å². The van der Waals surface area contributed by atoms with Crippen molar-refractivity contribution in [2.45, 2.75) is 38.0 Å². The minimum atomic E-state index is -3.58. The second kappa shape index (κ2) is 4.77. The van der Waals surface area contributed by atoms with Crippen molar-refractivity contribution in [1.82, 2.24) is 0 Å². The highest BCUT2D eigenvalue weighted by Gasteiger charge is 2.12. The standard InChI is InChI=1S/C11H17NO2S/c1-3-4-5-10-8-9(2)6-7-11(10)15(12,13)14/h6-8H,3-5H2,1-2H3,(H2,12,13,14). The van der Waals surface area contributed by atoms with Crippen LogP contribution in [0.15, 0.2) is 23.1 Å². The van der Waals surface area contributed by atoms with Crippen LogP contribution < -0.4 is 5.14 Å². The Morgan fingerprint density at radius 2 is 2.00 bits per heavy atom. The maximum Gasteiger partial charge on any atom is 0.238 e. The molecule has 84 valence electrons. The first-order valence-corrected chi connectivity index (χ1v) is 6.62. The predicted molar refractivity (Wildman–Crippen MR) is 61.2 cm³/mol. The fourth-order valence-corrected chi connectivity index (χ4v) is 2.33. The smallest absolute Gasteiger partial charge is 0.225 e. The molecule has 0 bridgehead atoms. The minimum absolute atomic E-state index is 0.265. The third-order valence-electron chi connectivity index (χ3n) is 2.32. The quantitative estimate of drug-likeness (QED) is 0.855. The Kier molecular flexibility index (Phi) is 3.88. The number of nitrogens with two attached hydrogens (primary N) is 1. The summed E-state index contributed by atoms with van der Waals surface area (Å²) in [7, 11) is -3.58. The van der Waals surface area contributed by atoms with Crippen LogP contribution in [0.1, 0.15) is 30.9 Å². The van der Waals surface area contributed by atoms with Crippen LogP contribution in [0, 0.1) is 6.92 Å². The molecule has 0 saturated heterocycles. The second-order valence-electron chi connectivity index (χ2n) is 3.76. The lowest BCUT2D eigenvalue weighted by Gasteiger charge is -2.08. The van der Waals surface area contributed by atoms with Crippen molar-refractivity contribution in [2.24, 2.45) is 5.14 Å². The van der Waals surface area contributed by atoms with Gasteiger partial charge in [-0.3, -0.25) is 0 Å². The highest BCUT2D eigenvalue weighted by atomic mass is 32.2. The summed E-state index contributed by atoms with van der Waals surface area (Å²) in [6, 6.07) is 5.26. The van der Waals surface area contributed by atoms with Gasteiger partial charge in [-0.25, -0.2) is 13.6 Å². The van der Waals surface area contributed by atoms with Crippen LogP contribution >= 0.6 is 0 Å². The summed E-state index contributed by atoms with van der Waals surface area (Å²) < 4.78 is 22.6. The summed E-state index contributed by atoms with van der Waals surface area (Å²) in [6.45, 7) is 4.02. The van der Waals surface area contributed by atoms with E-state index in [0.29, 0.717) is 0 Å². The van der Waals surface area contributed by atoms with Gasteiger partial charge >= 0.3 is 0 Å². The number of sulfonamides is 1. The first-order valence-electron chi connectivity index (χ1n) is 5.07. The largest absolute Gasteiger partial charge is 0.238 e. The van der Waals surface area contributed by atoms with Crippen molar-refractivity contribution in [1.29, 1.82) is 0 Å². The molecular formula is C11H17NO2S. The average Bonchev–Trinajstić information content (AvgIpc) is 2.12. The van der Waals surface area contributed by atoms with Crippen LogP contribution in [0.2, 0.25) is 0 Å². The number of hydrogen-bond donors (Lipinski definition) is 1. The van der Waals surface area contributed by atoms with Gasteiger partial charge in [0, 0.05) is 0 Å². The first kappa shape index (κ1) is 12.2. The van der Waals surface area contributed by atoms with E-state index in [2.05, 4.69) is 6.92 Å². The molecule has 0 aliphatic carbocycles. The normalized spacial score (nSPS) is 11.7. The molecule has 0 radical (unpaired) electrons. The van der Waals surface area contributed by atoms with Gasteiger partial charge < -0.3 is 0 Å². The molecule has 1 aromatic carbocycles. The molecule has 15 heavy (non-hydrogen) atoms. The predicted octanol–water partition coefficient (Wildman–Crippen LogP) is 1.99. The zero-order chi connectivity index (χ0) is 11.5. The van der Waals surface area contributed by atoms with Crippen LogP contribution in [-0.2, 0) is 16.4 Å². The van der Waals surface area contributed by atoms with Crippen molar-refractivity contribution < 1.29 is 8.42 Å². The Labute approximate surface area is 91.4 Å².